The molecular formula is C22H20N6O3. The van der Waals surface area contributed by atoms with Gasteiger partial charge in [-0.2, -0.15) is 4.98 Å². The average molecular weight is 416 g/mol. The van der Waals surface area contributed by atoms with Crippen LogP contribution in [-0.4, -0.2) is 56.1 Å². The quantitative estimate of drug-likeness (QED) is 0.493. The second kappa shape index (κ2) is 8.02. The van der Waals surface area contributed by atoms with Crippen LogP contribution in [0.1, 0.15) is 22.8 Å². The molecule has 5 rings (SSSR count). The highest BCUT2D eigenvalue weighted by molar-refractivity contribution is 5.97. The van der Waals surface area contributed by atoms with E-state index in [2.05, 4.69) is 20.5 Å². The van der Waals surface area contributed by atoms with Gasteiger partial charge >= 0.3 is 0 Å². The van der Waals surface area contributed by atoms with Crippen LogP contribution in [0, 0.1) is 0 Å². The van der Waals surface area contributed by atoms with E-state index in [-0.39, 0.29) is 11.9 Å². The molecule has 1 saturated heterocycles. The highest BCUT2D eigenvalue weighted by Gasteiger charge is 2.30. The molecule has 1 fully saturated rings. The van der Waals surface area contributed by atoms with Crippen molar-refractivity contribution in [3.05, 3.63) is 66.4 Å². The summed E-state index contributed by atoms with van der Waals surface area (Å²) in [5.41, 5.74) is 1.93. The third kappa shape index (κ3) is 3.65. The second-order valence-electron chi connectivity index (χ2n) is 7.27. The lowest BCUT2D eigenvalue weighted by atomic mass is 10.2. The van der Waals surface area contributed by atoms with Crippen molar-refractivity contribution in [3.63, 3.8) is 0 Å². The van der Waals surface area contributed by atoms with Gasteiger partial charge in [-0.05, 0) is 18.6 Å². The smallest absolute Gasteiger partial charge is 0.280 e. The van der Waals surface area contributed by atoms with Gasteiger partial charge in [0.05, 0.1) is 24.9 Å². The lowest BCUT2D eigenvalue weighted by Crippen LogP contribution is -2.29. The van der Waals surface area contributed by atoms with E-state index < -0.39 is 0 Å². The number of methoxy groups -OCH3 is 1. The predicted molar refractivity (Wildman–Crippen MR) is 111 cm³/mol. The summed E-state index contributed by atoms with van der Waals surface area (Å²) in [6, 6.07) is 16.9. The number of para-hydroxylation sites is 1. The Bertz CT molecular complexity index is 1200. The van der Waals surface area contributed by atoms with Gasteiger partial charge in [0.2, 0.25) is 5.82 Å². The molecular weight excluding hydrogens is 396 g/mol. The fraction of sp³-hybridized carbons (Fsp3) is 0.227. The normalized spacial score (nSPS) is 15.9. The van der Waals surface area contributed by atoms with E-state index in [0.717, 1.165) is 12.0 Å². The van der Waals surface area contributed by atoms with E-state index in [1.165, 1.54) is 0 Å². The van der Waals surface area contributed by atoms with E-state index >= 15 is 0 Å². The van der Waals surface area contributed by atoms with Crippen LogP contribution in [-0.2, 0) is 0 Å². The zero-order valence-electron chi connectivity index (χ0n) is 16.9. The van der Waals surface area contributed by atoms with E-state index in [1.807, 2.05) is 47.4 Å². The molecule has 0 N–H and O–H groups in total. The van der Waals surface area contributed by atoms with Gasteiger partial charge < -0.3 is 14.2 Å². The van der Waals surface area contributed by atoms with Crippen molar-refractivity contribution in [1.82, 2.24) is 30.0 Å². The van der Waals surface area contributed by atoms with Gasteiger partial charge in [-0.3, -0.25) is 4.79 Å². The summed E-state index contributed by atoms with van der Waals surface area (Å²) >= 11 is 0. The molecule has 1 atom stereocenters. The number of ether oxygens (including phenoxy) is 1. The number of carbonyl (C=O) groups is 1. The Balaban J connectivity index is 1.30. The zero-order valence-corrected chi connectivity index (χ0v) is 16.9. The summed E-state index contributed by atoms with van der Waals surface area (Å²) < 4.78 is 12.5. The lowest BCUT2D eigenvalue weighted by molar-refractivity contribution is 0.0783. The van der Waals surface area contributed by atoms with Crippen LogP contribution in [0.4, 0.5) is 0 Å². The summed E-state index contributed by atoms with van der Waals surface area (Å²) in [5.74, 6) is 1.33. The van der Waals surface area contributed by atoms with Crippen molar-refractivity contribution in [2.24, 2.45) is 0 Å². The largest absolute Gasteiger partial charge is 0.496 e. The van der Waals surface area contributed by atoms with Crippen LogP contribution in [0.25, 0.3) is 23.0 Å². The van der Waals surface area contributed by atoms with Crippen LogP contribution in [0.2, 0.25) is 0 Å². The molecule has 0 bridgehead atoms. The summed E-state index contributed by atoms with van der Waals surface area (Å²) in [6.45, 7) is 1.17. The number of nitrogens with zero attached hydrogens (tertiary/aromatic N) is 6. The molecule has 1 aliphatic heterocycles. The van der Waals surface area contributed by atoms with Crippen LogP contribution in [0.3, 0.4) is 0 Å². The van der Waals surface area contributed by atoms with Crippen molar-refractivity contribution >= 4 is 5.91 Å². The maximum absolute atomic E-state index is 12.9. The van der Waals surface area contributed by atoms with Gasteiger partial charge in [-0.25, -0.2) is 4.68 Å². The minimum Gasteiger partial charge on any atom is -0.496 e. The van der Waals surface area contributed by atoms with Crippen molar-refractivity contribution in [3.8, 4) is 28.7 Å². The Kier molecular flexibility index (Phi) is 4.91. The number of rotatable bonds is 5. The molecule has 3 heterocycles. The molecule has 2 aromatic carbocycles. The van der Waals surface area contributed by atoms with Gasteiger partial charge in [0.15, 0.2) is 5.69 Å². The third-order valence-electron chi connectivity index (χ3n) is 5.35. The topological polar surface area (TPSA) is 99.2 Å². The van der Waals surface area contributed by atoms with E-state index in [1.54, 1.807) is 30.1 Å². The highest BCUT2D eigenvalue weighted by atomic mass is 16.5. The Morgan fingerprint density at radius 2 is 1.94 bits per heavy atom. The first-order chi connectivity index (χ1) is 15.2. The Morgan fingerprint density at radius 3 is 2.77 bits per heavy atom. The second-order valence-corrected chi connectivity index (χ2v) is 7.27. The van der Waals surface area contributed by atoms with E-state index in [4.69, 9.17) is 9.26 Å². The first-order valence-corrected chi connectivity index (χ1v) is 9.96. The SMILES string of the molecule is COc1ccccc1C(=O)N1CC[C@@H](n2cc(-c3nc(-c4ccccc4)no3)nn2)C1. The van der Waals surface area contributed by atoms with Gasteiger partial charge in [-0.1, -0.05) is 52.8 Å². The lowest BCUT2D eigenvalue weighted by Gasteiger charge is -2.18. The van der Waals surface area contributed by atoms with Gasteiger partial charge in [0.25, 0.3) is 11.8 Å². The van der Waals surface area contributed by atoms with Gasteiger partial charge in [0, 0.05) is 18.7 Å². The van der Waals surface area contributed by atoms with Crippen LogP contribution in [0.15, 0.2) is 65.3 Å². The van der Waals surface area contributed by atoms with Crippen molar-refractivity contribution in [1.29, 1.82) is 0 Å². The number of carbonyl (C=O) groups excluding carboxylic acids is 1. The molecule has 4 aromatic rings. The van der Waals surface area contributed by atoms with Crippen molar-refractivity contribution in [2.75, 3.05) is 20.2 Å². The molecule has 9 heteroatoms. The number of likely N-dealkylation sites (tertiary alicyclic amines) is 1. The van der Waals surface area contributed by atoms with E-state index in [9.17, 15) is 4.79 Å². The van der Waals surface area contributed by atoms with Gasteiger partial charge in [0.1, 0.15) is 5.75 Å². The van der Waals surface area contributed by atoms with Crippen LogP contribution < -0.4 is 4.74 Å². The first-order valence-electron chi connectivity index (χ1n) is 9.96. The summed E-state index contributed by atoms with van der Waals surface area (Å²) in [7, 11) is 1.57. The first kappa shape index (κ1) is 19.0. The van der Waals surface area contributed by atoms with Crippen LogP contribution in [0.5, 0.6) is 5.75 Å². The molecule has 1 amide bonds. The highest BCUT2D eigenvalue weighted by Crippen LogP contribution is 2.27. The molecule has 31 heavy (non-hydrogen) atoms. The van der Waals surface area contributed by atoms with Crippen molar-refractivity contribution in [2.45, 2.75) is 12.5 Å². The molecule has 0 saturated carbocycles. The number of benzene rings is 2. The number of hydrogen-bond acceptors (Lipinski definition) is 7. The number of hydrogen-bond donors (Lipinski definition) is 0. The molecule has 2 aromatic heterocycles. The Labute approximate surface area is 178 Å². The standard InChI is InChI=1S/C22H20N6O3/c1-30-19-10-6-5-9-17(19)22(29)27-12-11-16(13-27)28-14-18(24-26-28)21-23-20(25-31-21)15-7-3-2-4-8-15/h2-10,14,16H,11-13H2,1H3/t16-/m1/s1. The monoisotopic (exact) mass is 416 g/mol. The Morgan fingerprint density at radius 1 is 1.13 bits per heavy atom. The average Bonchev–Trinajstić information content (AvgIpc) is 3.59. The molecule has 1 aliphatic rings. The van der Waals surface area contributed by atoms with Crippen LogP contribution >= 0.6 is 0 Å². The third-order valence-corrected chi connectivity index (χ3v) is 5.35. The predicted octanol–water partition coefficient (Wildman–Crippen LogP) is 3.09. The Hall–Kier alpha value is -4.01. The molecule has 9 nitrogen and oxygen atoms in total. The minimum atomic E-state index is -0.0512. The maximum atomic E-state index is 12.9. The number of aromatic nitrogens is 5. The fourth-order valence-corrected chi connectivity index (χ4v) is 3.72. The van der Waals surface area contributed by atoms with Gasteiger partial charge in [-0.15, -0.1) is 5.10 Å². The number of amides is 1. The van der Waals surface area contributed by atoms with E-state index in [0.29, 0.717) is 41.8 Å². The summed E-state index contributed by atoms with van der Waals surface area (Å²) in [6.07, 6.45) is 2.56. The molecule has 0 aliphatic carbocycles. The minimum absolute atomic E-state index is 0.0245. The summed E-state index contributed by atoms with van der Waals surface area (Å²) in [4.78, 5) is 19.2. The maximum Gasteiger partial charge on any atom is 0.280 e. The molecule has 0 spiro atoms. The summed E-state index contributed by atoms with van der Waals surface area (Å²) in [5, 5.41) is 12.4. The molecule has 156 valence electrons. The fourth-order valence-electron chi connectivity index (χ4n) is 3.72. The zero-order chi connectivity index (χ0) is 21.2. The molecule has 0 radical (unpaired) electrons. The molecule has 0 unspecified atom stereocenters. The van der Waals surface area contributed by atoms with Crippen molar-refractivity contribution < 1.29 is 14.1 Å².